The van der Waals surface area contributed by atoms with Gasteiger partial charge < -0.3 is 49.9 Å². The highest BCUT2D eigenvalue weighted by Gasteiger charge is 2.57. The third-order valence-electron chi connectivity index (χ3n) is 16.6. The van der Waals surface area contributed by atoms with Crippen molar-refractivity contribution in [2.75, 3.05) is 114 Å². The van der Waals surface area contributed by atoms with Crippen LogP contribution >= 0.6 is 0 Å². The van der Waals surface area contributed by atoms with Gasteiger partial charge in [-0.15, -0.1) is 0 Å². The molecule has 2 saturated carbocycles. The summed E-state index contributed by atoms with van der Waals surface area (Å²) in [4.78, 5) is 101. The molecule has 2 aliphatic carbocycles. The standard InChI is InChI=1S/C58H85N9O13/c1-37(2)43-33-41(15-16-45(43)67-47(53-48(79-8)13-10-14-49(53)80-9)34-44(60-67)54(73)59-58(57(77)78)39(4)31-40-29-38(3)30-42(58)32-40)55(74)63(7)22-12-20-61(5)19-11-21-62(6)50(68)18-17-46(56(75)76)66-27-25-64(35-51(69)70)23-24-65(26-28-66)36-52(71)72/h10,13-16,33-34,37-40,42,46H,11-12,17-32,35-36H2,1-9H3,(H,59,73)(H,69,70)(H,71,72)(H,75,76)(H,77,78). The molecule has 2 aromatic carbocycles. The van der Waals surface area contributed by atoms with Crippen molar-refractivity contribution < 1.29 is 63.5 Å². The first-order chi connectivity index (χ1) is 38.0. The number of aliphatic carboxylic acids is 4. The Morgan fingerprint density at radius 1 is 0.750 bits per heavy atom. The molecular formula is C58H85N9O13. The maximum atomic E-state index is 14.6. The monoisotopic (exact) mass is 1120 g/mol. The minimum atomic E-state index is -1.47. The molecule has 0 spiro atoms. The van der Waals surface area contributed by atoms with Gasteiger partial charge in [-0.25, -0.2) is 9.48 Å². The second-order valence-corrected chi connectivity index (χ2v) is 22.8. The van der Waals surface area contributed by atoms with Crippen LogP contribution in [-0.4, -0.2) is 227 Å². The lowest BCUT2D eigenvalue weighted by Crippen LogP contribution is -2.66. The number of carbonyl (C=O) groups excluding carboxylic acids is 3. The Bertz CT molecular complexity index is 2630. The number of rotatable bonds is 26. The predicted octanol–water partition coefficient (Wildman–Crippen LogP) is 4.89. The van der Waals surface area contributed by atoms with Gasteiger partial charge >= 0.3 is 23.9 Å². The highest BCUT2D eigenvalue weighted by Crippen LogP contribution is 2.50. The van der Waals surface area contributed by atoms with Crippen molar-refractivity contribution in [1.82, 2.24) is 44.5 Å². The summed E-state index contributed by atoms with van der Waals surface area (Å²) < 4.78 is 13.3. The molecule has 0 radical (unpaired) electrons. The Kier molecular flexibility index (Phi) is 22.0. The van der Waals surface area contributed by atoms with Crippen molar-refractivity contribution in [3.63, 3.8) is 0 Å². The molecule has 1 aromatic heterocycles. The number of methoxy groups -OCH3 is 2. The molecule has 1 aliphatic heterocycles. The van der Waals surface area contributed by atoms with Crippen molar-refractivity contribution >= 4 is 41.6 Å². The van der Waals surface area contributed by atoms with E-state index in [1.165, 1.54) is 0 Å². The number of amides is 3. The van der Waals surface area contributed by atoms with Gasteiger partial charge in [-0.1, -0.05) is 33.8 Å². The summed E-state index contributed by atoms with van der Waals surface area (Å²) in [5.41, 5.74) is 1.43. The maximum Gasteiger partial charge on any atom is 0.329 e. The molecule has 1 saturated heterocycles. The third kappa shape index (κ3) is 15.4. The van der Waals surface area contributed by atoms with Crippen molar-refractivity contribution in [3.05, 3.63) is 59.3 Å². The highest BCUT2D eigenvalue weighted by molar-refractivity contribution is 5.98. The summed E-state index contributed by atoms with van der Waals surface area (Å²) in [5.74, 6) is -4.14. The van der Waals surface area contributed by atoms with E-state index in [2.05, 4.69) is 17.1 Å². The van der Waals surface area contributed by atoms with Gasteiger partial charge in [-0.05, 0) is 137 Å². The largest absolute Gasteiger partial charge is 0.496 e. The lowest BCUT2D eigenvalue weighted by Gasteiger charge is -2.52. The fourth-order valence-corrected chi connectivity index (χ4v) is 12.4. The van der Waals surface area contributed by atoms with Crippen LogP contribution in [0.1, 0.15) is 111 Å². The molecule has 440 valence electrons. The van der Waals surface area contributed by atoms with E-state index in [9.17, 15) is 54.0 Å². The number of hydrogen-bond acceptors (Lipinski definition) is 14. The summed E-state index contributed by atoms with van der Waals surface area (Å²) in [6, 6.07) is 11.4. The quantitative estimate of drug-likeness (QED) is 0.0716. The van der Waals surface area contributed by atoms with Gasteiger partial charge in [0.1, 0.15) is 23.1 Å². The van der Waals surface area contributed by atoms with Crippen LogP contribution in [0.25, 0.3) is 16.9 Å². The summed E-state index contributed by atoms with van der Waals surface area (Å²) in [6.07, 6.45) is 4.55. The number of carboxylic acid groups (broad SMARTS) is 4. The molecule has 3 fully saturated rings. The summed E-state index contributed by atoms with van der Waals surface area (Å²) in [6.45, 7) is 11.5. The van der Waals surface area contributed by atoms with Gasteiger partial charge in [-0.2, -0.15) is 5.10 Å². The van der Waals surface area contributed by atoms with Crippen LogP contribution in [0.2, 0.25) is 0 Å². The number of fused-ring (bicyclic) bond motifs is 2. The molecule has 22 heteroatoms. The molecule has 3 aromatic rings. The van der Waals surface area contributed by atoms with Crippen LogP contribution in [0.4, 0.5) is 0 Å². The van der Waals surface area contributed by atoms with Crippen molar-refractivity contribution in [1.29, 1.82) is 0 Å². The number of hydrogen-bond donors (Lipinski definition) is 5. The van der Waals surface area contributed by atoms with Crippen molar-refractivity contribution in [2.24, 2.45) is 23.7 Å². The zero-order valence-electron chi connectivity index (χ0n) is 48.2. The first-order valence-corrected chi connectivity index (χ1v) is 28.0. The maximum absolute atomic E-state index is 14.6. The third-order valence-corrected chi connectivity index (χ3v) is 16.6. The van der Waals surface area contributed by atoms with Crippen LogP contribution in [-0.2, 0) is 24.0 Å². The fourth-order valence-electron chi connectivity index (χ4n) is 12.4. The molecule has 2 bridgehead atoms. The number of benzene rings is 2. The number of ether oxygens (including phenoxy) is 2. The molecule has 6 unspecified atom stereocenters. The molecule has 6 atom stereocenters. The van der Waals surface area contributed by atoms with Crippen LogP contribution in [0.15, 0.2) is 42.5 Å². The Morgan fingerprint density at radius 3 is 1.89 bits per heavy atom. The van der Waals surface area contributed by atoms with Gasteiger partial charge in [0.2, 0.25) is 5.91 Å². The van der Waals surface area contributed by atoms with Gasteiger partial charge in [0, 0.05) is 78.4 Å². The average molecular weight is 1120 g/mol. The second kappa shape index (κ2) is 28.2. The van der Waals surface area contributed by atoms with Crippen LogP contribution in [0, 0.1) is 23.7 Å². The SMILES string of the molecule is COc1cccc(OC)c1-c1cc(C(=O)NC2(C(=O)O)C(C)CC3CC(C)CC2C3)nn1-c1ccc(C(=O)N(C)CCCN(C)CCCN(C)C(=O)CCC(C(=O)O)N2CCN(CC(=O)O)CCN(CC(=O)O)CC2)cc1C(C)C. The second-order valence-electron chi connectivity index (χ2n) is 22.8. The lowest BCUT2D eigenvalue weighted by molar-refractivity contribution is -0.155. The van der Waals surface area contributed by atoms with E-state index in [0.717, 1.165) is 18.4 Å². The molecule has 22 nitrogen and oxygen atoms in total. The smallest absolute Gasteiger partial charge is 0.329 e. The Hall–Kier alpha value is -6.62. The van der Waals surface area contributed by atoms with Crippen molar-refractivity contribution in [3.8, 4) is 28.4 Å². The van der Waals surface area contributed by atoms with Gasteiger partial charge in [0.15, 0.2) is 5.69 Å². The molecule has 3 aliphatic rings. The number of nitrogens with zero attached hydrogens (tertiary/aromatic N) is 8. The minimum absolute atomic E-state index is 0.0163. The molecule has 3 amide bonds. The average Bonchev–Trinajstić information content (AvgIpc) is 3.94. The summed E-state index contributed by atoms with van der Waals surface area (Å²) >= 11 is 0. The molecule has 5 N–H and O–H groups in total. The van der Waals surface area contributed by atoms with E-state index in [1.54, 1.807) is 87.8 Å². The zero-order valence-corrected chi connectivity index (χ0v) is 48.2. The van der Waals surface area contributed by atoms with E-state index in [4.69, 9.17) is 14.6 Å². The number of nitrogens with one attached hydrogen (secondary N) is 1. The van der Waals surface area contributed by atoms with E-state index < -0.39 is 41.4 Å². The van der Waals surface area contributed by atoms with Crippen LogP contribution in [0.5, 0.6) is 11.5 Å². The van der Waals surface area contributed by atoms with Crippen LogP contribution in [0.3, 0.4) is 0 Å². The predicted molar refractivity (Wildman–Crippen MR) is 300 cm³/mol. The molecule has 80 heavy (non-hydrogen) atoms. The Morgan fingerprint density at radius 2 is 1.34 bits per heavy atom. The van der Waals surface area contributed by atoms with E-state index in [-0.39, 0.29) is 87.4 Å². The van der Waals surface area contributed by atoms with E-state index in [0.29, 0.717) is 111 Å². The zero-order chi connectivity index (χ0) is 58.6. The van der Waals surface area contributed by atoms with Gasteiger partial charge in [-0.3, -0.25) is 43.5 Å². The fraction of sp³-hybridized carbons (Fsp3) is 0.621. The minimum Gasteiger partial charge on any atom is -0.496 e. The molecule has 6 rings (SSSR count). The summed E-state index contributed by atoms with van der Waals surface area (Å²) in [7, 11) is 8.50. The van der Waals surface area contributed by atoms with Gasteiger partial charge in [0.05, 0.1) is 44.3 Å². The van der Waals surface area contributed by atoms with E-state index >= 15 is 0 Å². The highest BCUT2D eigenvalue weighted by atomic mass is 16.5. The number of carboxylic acids is 4. The number of aromatic nitrogens is 2. The Labute approximate surface area is 469 Å². The number of carbonyl (C=O) groups is 7. The van der Waals surface area contributed by atoms with E-state index in [1.807, 2.05) is 40.0 Å². The topological polar surface area (TPSA) is 268 Å². The first-order valence-electron chi connectivity index (χ1n) is 28.0. The molecule has 2 heterocycles. The Balaban J connectivity index is 1.07. The lowest BCUT2D eigenvalue weighted by atomic mass is 9.56. The summed E-state index contributed by atoms with van der Waals surface area (Å²) in [5, 5.41) is 47.9. The van der Waals surface area contributed by atoms with Gasteiger partial charge in [0.25, 0.3) is 11.8 Å². The van der Waals surface area contributed by atoms with Crippen molar-refractivity contribution in [2.45, 2.75) is 96.6 Å². The molecular weight excluding hydrogens is 1030 g/mol. The normalized spacial score (nSPS) is 21.4. The first kappa shape index (κ1) is 62.6. The van der Waals surface area contributed by atoms with Crippen LogP contribution < -0.4 is 14.8 Å².